The number of amides is 5. The molecule has 2 aliphatic carbocycles. The van der Waals surface area contributed by atoms with Crippen LogP contribution in [0, 0.1) is 23.2 Å². The van der Waals surface area contributed by atoms with Gasteiger partial charge in [-0.3, -0.25) is 19.2 Å². The lowest BCUT2D eigenvalue weighted by Gasteiger charge is -2.40. The van der Waals surface area contributed by atoms with Crippen molar-refractivity contribution in [3.05, 3.63) is 0 Å². The summed E-state index contributed by atoms with van der Waals surface area (Å²) < 4.78 is 5.70. The van der Waals surface area contributed by atoms with E-state index in [1.165, 1.54) is 4.90 Å². The van der Waals surface area contributed by atoms with Crippen LogP contribution in [0.4, 0.5) is 4.79 Å². The predicted molar refractivity (Wildman–Crippen MR) is 173 cm³/mol. The molecule has 3 aliphatic rings. The van der Waals surface area contributed by atoms with Gasteiger partial charge in [0.05, 0.1) is 6.04 Å². The minimum Gasteiger partial charge on any atom is -0.458 e. The van der Waals surface area contributed by atoms with Gasteiger partial charge in [-0.25, -0.2) is 9.59 Å². The van der Waals surface area contributed by atoms with E-state index >= 15 is 0 Å². The summed E-state index contributed by atoms with van der Waals surface area (Å²) in [4.78, 5) is 81.3. The van der Waals surface area contributed by atoms with Gasteiger partial charge in [0.25, 0.3) is 5.91 Å². The molecule has 1 heterocycles. The Bertz CT molecular complexity index is 1160. The average molecular weight is 648 g/mol. The van der Waals surface area contributed by atoms with E-state index < -0.39 is 70.2 Å². The minimum atomic E-state index is -1.21. The van der Waals surface area contributed by atoms with Crippen LogP contribution >= 0.6 is 0 Å². The molecule has 0 spiro atoms. The van der Waals surface area contributed by atoms with Crippen molar-refractivity contribution >= 4 is 35.5 Å². The topological polar surface area (TPSA) is 177 Å². The maximum atomic E-state index is 14.3. The number of carbonyl (C=O) groups is 6. The summed E-state index contributed by atoms with van der Waals surface area (Å²) in [6.07, 6.45) is 7.05. The molecule has 260 valence electrons. The summed E-state index contributed by atoms with van der Waals surface area (Å²) in [5.74, 6) is -3.33. The molecular weight excluding hydrogens is 590 g/mol. The number of nitrogens with two attached hydrogens (primary N) is 1. The van der Waals surface area contributed by atoms with Crippen molar-refractivity contribution in [2.45, 2.75) is 149 Å². The summed E-state index contributed by atoms with van der Waals surface area (Å²) in [6.45, 7) is 15.1. The highest BCUT2D eigenvalue weighted by Crippen LogP contribution is 2.35. The second kappa shape index (κ2) is 14.7. The zero-order chi connectivity index (χ0) is 34.6. The number of esters is 1. The van der Waals surface area contributed by atoms with Crippen LogP contribution in [-0.2, 0) is 28.7 Å². The number of hydrogen-bond donors (Lipinski definition) is 4. The van der Waals surface area contributed by atoms with Gasteiger partial charge >= 0.3 is 12.0 Å². The number of ether oxygens (including phenoxy) is 1. The Hall–Kier alpha value is -3.18. The Morgan fingerprint density at radius 2 is 1.50 bits per heavy atom. The molecule has 46 heavy (non-hydrogen) atoms. The second-order valence-electron chi connectivity index (χ2n) is 16.0. The Morgan fingerprint density at radius 3 is 1.98 bits per heavy atom. The van der Waals surface area contributed by atoms with Gasteiger partial charge in [0.2, 0.25) is 17.6 Å². The molecule has 1 saturated heterocycles. The zero-order valence-electron chi connectivity index (χ0n) is 29.1. The van der Waals surface area contributed by atoms with Crippen molar-refractivity contribution < 1.29 is 33.5 Å². The normalized spacial score (nSPS) is 23.1. The quantitative estimate of drug-likeness (QED) is 0.196. The first-order valence-corrected chi connectivity index (χ1v) is 17.0. The molecule has 0 radical (unpaired) electrons. The first-order chi connectivity index (χ1) is 21.3. The molecular formula is C34H57N5O7. The highest BCUT2D eigenvalue weighted by Gasteiger charge is 2.49. The number of primary amides is 1. The Balaban J connectivity index is 1.85. The smallest absolute Gasteiger partial charge is 0.332 e. The number of carbonyl (C=O) groups excluding carboxylic acids is 6. The van der Waals surface area contributed by atoms with E-state index in [9.17, 15) is 28.8 Å². The maximum Gasteiger partial charge on any atom is 0.332 e. The van der Waals surface area contributed by atoms with Crippen molar-refractivity contribution in [1.29, 1.82) is 0 Å². The van der Waals surface area contributed by atoms with Crippen LogP contribution in [0.15, 0.2) is 0 Å². The lowest BCUT2D eigenvalue weighted by atomic mass is 9.80. The lowest BCUT2D eigenvalue weighted by molar-refractivity contribution is -0.164. The molecule has 3 rings (SSSR count). The molecule has 1 aliphatic heterocycles. The number of urea groups is 1. The van der Waals surface area contributed by atoms with Crippen LogP contribution in [0.25, 0.3) is 0 Å². The molecule has 1 unspecified atom stereocenters. The minimum absolute atomic E-state index is 0.0369. The van der Waals surface area contributed by atoms with Crippen molar-refractivity contribution in [1.82, 2.24) is 20.9 Å². The first-order valence-electron chi connectivity index (χ1n) is 17.0. The third-order valence-corrected chi connectivity index (χ3v) is 9.76. The SMILES string of the molecule is CC(C)[C@H]1CCN(C(=O)[C@@H](NC(=O)NC2(C(=O)OC(C)(C)C)CCCCC2)C(C)(C)C)[C@@H]1C(=O)NC(CC1CCC1)C(=O)C(N)=O. The predicted octanol–water partition coefficient (Wildman–Crippen LogP) is 3.35. The first kappa shape index (κ1) is 37.3. The van der Waals surface area contributed by atoms with Gasteiger partial charge in [0, 0.05) is 6.54 Å². The lowest BCUT2D eigenvalue weighted by Crippen LogP contribution is -2.64. The average Bonchev–Trinajstić information content (AvgIpc) is 3.37. The van der Waals surface area contributed by atoms with Crippen LogP contribution < -0.4 is 21.7 Å². The number of nitrogens with one attached hydrogen (secondary N) is 3. The van der Waals surface area contributed by atoms with Crippen molar-refractivity contribution in [2.24, 2.45) is 28.9 Å². The number of Topliss-reactive ketones (excluding diaryl/α,β-unsaturated/α-hetero) is 1. The van der Waals surface area contributed by atoms with Crippen LogP contribution in [0.1, 0.15) is 120 Å². The zero-order valence-corrected chi connectivity index (χ0v) is 29.1. The molecule has 0 aromatic heterocycles. The number of ketones is 1. The third kappa shape index (κ3) is 9.21. The van der Waals surface area contributed by atoms with Crippen molar-refractivity contribution in [2.75, 3.05) is 6.54 Å². The van der Waals surface area contributed by atoms with Crippen LogP contribution in [0.3, 0.4) is 0 Å². The van der Waals surface area contributed by atoms with E-state index in [0.29, 0.717) is 25.7 Å². The fourth-order valence-corrected chi connectivity index (χ4v) is 6.93. The molecule has 0 aromatic rings. The molecule has 5 N–H and O–H groups in total. The molecule has 4 atom stereocenters. The van der Waals surface area contributed by atoms with E-state index in [-0.39, 0.29) is 24.3 Å². The van der Waals surface area contributed by atoms with Crippen molar-refractivity contribution in [3.63, 3.8) is 0 Å². The molecule has 12 heteroatoms. The van der Waals surface area contributed by atoms with Gasteiger partial charge in [0.1, 0.15) is 23.2 Å². The Morgan fingerprint density at radius 1 is 0.891 bits per heavy atom. The van der Waals surface area contributed by atoms with Gasteiger partial charge in [-0.1, -0.05) is 73.1 Å². The maximum absolute atomic E-state index is 14.3. The molecule has 2 saturated carbocycles. The molecule has 12 nitrogen and oxygen atoms in total. The highest BCUT2D eigenvalue weighted by molar-refractivity contribution is 6.37. The van der Waals surface area contributed by atoms with E-state index in [1.807, 2.05) is 34.6 Å². The summed E-state index contributed by atoms with van der Waals surface area (Å²) in [6, 6.07) is -3.65. The fraction of sp³-hybridized carbons (Fsp3) is 0.824. The van der Waals surface area contributed by atoms with Crippen LogP contribution in [0.2, 0.25) is 0 Å². The number of hydrogen-bond acceptors (Lipinski definition) is 7. The molecule has 3 fully saturated rings. The Labute approximate surface area is 274 Å². The number of nitrogens with zero attached hydrogens (tertiary/aromatic N) is 1. The van der Waals surface area contributed by atoms with Gasteiger partial charge in [-0.2, -0.15) is 0 Å². The van der Waals surface area contributed by atoms with Gasteiger partial charge in [-0.05, 0) is 69.6 Å². The number of likely N-dealkylation sites (tertiary alicyclic amines) is 1. The summed E-state index contributed by atoms with van der Waals surface area (Å²) in [7, 11) is 0. The highest BCUT2D eigenvalue weighted by atomic mass is 16.6. The van der Waals surface area contributed by atoms with Gasteiger partial charge in [0.15, 0.2) is 0 Å². The largest absolute Gasteiger partial charge is 0.458 e. The number of rotatable bonds is 11. The van der Waals surface area contributed by atoms with Crippen molar-refractivity contribution in [3.8, 4) is 0 Å². The summed E-state index contributed by atoms with van der Waals surface area (Å²) in [5, 5.41) is 8.52. The van der Waals surface area contributed by atoms with Gasteiger partial charge < -0.3 is 31.3 Å². The monoisotopic (exact) mass is 647 g/mol. The third-order valence-electron chi connectivity index (χ3n) is 9.76. The summed E-state index contributed by atoms with van der Waals surface area (Å²) >= 11 is 0. The second-order valence-corrected chi connectivity index (χ2v) is 16.0. The summed E-state index contributed by atoms with van der Waals surface area (Å²) in [5.41, 5.74) is 2.63. The van der Waals surface area contributed by atoms with E-state index in [4.69, 9.17) is 10.5 Å². The molecule has 0 bridgehead atoms. The molecule has 5 amide bonds. The van der Waals surface area contributed by atoms with Crippen LogP contribution in [-0.4, -0.2) is 76.2 Å². The fourth-order valence-electron chi connectivity index (χ4n) is 6.93. The Kier molecular flexibility index (Phi) is 11.9. The van der Waals surface area contributed by atoms with Crippen LogP contribution in [0.5, 0.6) is 0 Å². The standard InChI is InChI=1S/C34H57N5O7/c1-20(2)22-15-18-39(24(22)28(42)36-23(25(40)27(35)41)19-21-13-12-14-21)29(43)26(32(3,4)5)37-31(45)38-34(16-10-9-11-17-34)30(44)46-33(6,7)8/h20-24,26H,9-19H2,1-8H3,(H2,35,41)(H,36,42)(H2,37,38,45)/t22-,23?,24+,26-/m1/s1. The van der Waals surface area contributed by atoms with E-state index in [0.717, 1.165) is 38.5 Å². The van der Waals surface area contributed by atoms with E-state index in [1.54, 1.807) is 20.8 Å². The van der Waals surface area contributed by atoms with Gasteiger partial charge in [-0.15, -0.1) is 0 Å². The van der Waals surface area contributed by atoms with E-state index in [2.05, 4.69) is 16.0 Å². The molecule has 0 aromatic carbocycles.